The molecule has 2 nitrogen and oxygen atoms in total. The molecule has 0 spiro atoms. The quantitative estimate of drug-likeness (QED) is 0.797. The molecule has 0 radical (unpaired) electrons. The van der Waals surface area contributed by atoms with Crippen molar-refractivity contribution in [1.82, 2.24) is 4.90 Å². The van der Waals surface area contributed by atoms with E-state index in [0.717, 1.165) is 22.3 Å². The summed E-state index contributed by atoms with van der Waals surface area (Å²) in [5, 5.41) is 0.647. The van der Waals surface area contributed by atoms with E-state index in [-0.39, 0.29) is 5.91 Å². The Morgan fingerprint density at radius 3 is 2.61 bits per heavy atom. The number of nitrogens with zero attached hydrogens (tertiary/aromatic N) is 1. The predicted molar refractivity (Wildman–Crippen MR) is 95.0 cm³/mol. The van der Waals surface area contributed by atoms with Crippen LogP contribution in [0, 0.1) is 0 Å². The highest BCUT2D eigenvalue weighted by Gasteiger charge is 2.30. The Bertz CT molecular complexity index is 792. The van der Waals surface area contributed by atoms with Crippen LogP contribution in [-0.4, -0.2) is 17.4 Å². The number of amides is 1. The fourth-order valence-corrected chi connectivity index (χ4v) is 3.11. The molecule has 0 saturated heterocycles. The number of hydrogen-bond acceptors (Lipinski definition) is 1. The van der Waals surface area contributed by atoms with Crippen molar-refractivity contribution >= 4 is 23.1 Å². The second-order valence-corrected chi connectivity index (χ2v) is 6.23. The minimum Gasteiger partial charge on any atom is -0.330 e. The molecule has 3 heteroatoms. The average Bonchev–Trinajstić information content (AvgIpc) is 2.82. The van der Waals surface area contributed by atoms with Gasteiger partial charge in [-0.05, 0) is 41.3 Å². The predicted octanol–water partition coefficient (Wildman–Crippen LogP) is 4.71. The van der Waals surface area contributed by atoms with Gasteiger partial charge in [0, 0.05) is 23.7 Å². The van der Waals surface area contributed by atoms with Crippen molar-refractivity contribution < 1.29 is 4.79 Å². The molecule has 0 aliphatic carbocycles. The third-order valence-electron chi connectivity index (χ3n) is 4.05. The average molecular weight is 324 g/mol. The summed E-state index contributed by atoms with van der Waals surface area (Å²) in [6.07, 6.45) is 0. The summed E-state index contributed by atoms with van der Waals surface area (Å²) >= 11 is 6.05. The van der Waals surface area contributed by atoms with E-state index in [0.29, 0.717) is 23.7 Å². The fraction of sp³-hybridized carbons (Fsp3) is 0.150. The number of carbonyl (C=O) groups is 1. The maximum Gasteiger partial charge on any atom is 0.255 e. The van der Waals surface area contributed by atoms with Crippen LogP contribution in [0.25, 0.3) is 5.57 Å². The lowest BCUT2D eigenvalue weighted by atomic mass is 9.97. The Hall–Kier alpha value is -2.32. The number of carbonyl (C=O) groups excluding carboxylic acids is 1. The van der Waals surface area contributed by atoms with Crippen LogP contribution < -0.4 is 0 Å². The number of halogens is 1. The highest BCUT2D eigenvalue weighted by molar-refractivity contribution is 6.30. The summed E-state index contributed by atoms with van der Waals surface area (Å²) in [4.78, 5) is 14.7. The van der Waals surface area contributed by atoms with Crippen LogP contribution in [0.3, 0.4) is 0 Å². The maximum absolute atomic E-state index is 12.8. The monoisotopic (exact) mass is 323 g/mol. The summed E-state index contributed by atoms with van der Waals surface area (Å²) in [5.74, 6) is 0.0383. The fourth-order valence-electron chi connectivity index (χ4n) is 2.92. The highest BCUT2D eigenvalue weighted by atomic mass is 35.5. The summed E-state index contributed by atoms with van der Waals surface area (Å²) in [6, 6.07) is 17.5. The Labute approximate surface area is 141 Å². The first-order valence-corrected chi connectivity index (χ1v) is 7.92. The summed E-state index contributed by atoms with van der Waals surface area (Å²) in [7, 11) is 0. The molecule has 1 amide bonds. The Morgan fingerprint density at radius 1 is 1.17 bits per heavy atom. The molecule has 0 fully saturated rings. The summed E-state index contributed by atoms with van der Waals surface area (Å²) < 4.78 is 0. The lowest BCUT2D eigenvalue weighted by molar-refractivity contribution is -0.125. The summed E-state index contributed by atoms with van der Waals surface area (Å²) in [6.45, 7) is 7.38. The zero-order valence-electron chi connectivity index (χ0n) is 13.1. The number of rotatable bonds is 4. The molecule has 3 rings (SSSR count). The molecule has 1 heterocycles. The van der Waals surface area contributed by atoms with Gasteiger partial charge in [0.1, 0.15) is 0 Å². The first-order chi connectivity index (χ1) is 11.1. The lowest BCUT2D eigenvalue weighted by Gasteiger charge is -2.17. The van der Waals surface area contributed by atoms with E-state index < -0.39 is 0 Å². The van der Waals surface area contributed by atoms with E-state index in [2.05, 4.69) is 6.58 Å². The molecule has 0 aromatic heterocycles. The van der Waals surface area contributed by atoms with Crippen molar-refractivity contribution in [3.8, 4) is 0 Å². The van der Waals surface area contributed by atoms with Gasteiger partial charge in [-0.25, -0.2) is 0 Å². The van der Waals surface area contributed by atoms with Gasteiger partial charge in [0.2, 0.25) is 0 Å². The molecule has 0 atom stereocenters. The minimum atomic E-state index is 0.0383. The van der Waals surface area contributed by atoms with Gasteiger partial charge in [-0.2, -0.15) is 0 Å². The third kappa shape index (κ3) is 3.22. The van der Waals surface area contributed by atoms with Crippen LogP contribution in [-0.2, 0) is 11.3 Å². The normalized spacial score (nSPS) is 14.5. The van der Waals surface area contributed by atoms with E-state index in [1.807, 2.05) is 66.4 Å². The molecular formula is C20H18ClNO. The van der Waals surface area contributed by atoms with E-state index in [1.165, 1.54) is 0 Å². The Morgan fingerprint density at radius 2 is 1.91 bits per heavy atom. The topological polar surface area (TPSA) is 20.3 Å². The van der Waals surface area contributed by atoms with Crippen molar-refractivity contribution in [2.24, 2.45) is 0 Å². The van der Waals surface area contributed by atoms with Gasteiger partial charge >= 0.3 is 0 Å². The molecule has 1 aliphatic rings. The van der Waals surface area contributed by atoms with Gasteiger partial charge in [-0.1, -0.05) is 60.6 Å². The van der Waals surface area contributed by atoms with Crippen molar-refractivity contribution in [3.05, 3.63) is 88.5 Å². The van der Waals surface area contributed by atoms with Gasteiger partial charge in [-0.15, -0.1) is 0 Å². The van der Waals surface area contributed by atoms with E-state index in [4.69, 9.17) is 11.6 Å². The molecule has 0 N–H and O–H groups in total. The third-order valence-corrected chi connectivity index (χ3v) is 4.28. The maximum atomic E-state index is 12.8. The highest BCUT2D eigenvalue weighted by Crippen LogP contribution is 2.32. The second-order valence-electron chi connectivity index (χ2n) is 5.79. The van der Waals surface area contributed by atoms with E-state index in [9.17, 15) is 4.79 Å². The minimum absolute atomic E-state index is 0.0383. The second kappa shape index (κ2) is 6.43. The number of hydrogen-bond donors (Lipinski definition) is 0. The van der Waals surface area contributed by atoms with Gasteiger partial charge in [0.15, 0.2) is 0 Å². The smallest absolute Gasteiger partial charge is 0.255 e. The standard InChI is InChI=1S/C20H18ClNO/c1-14-12-22(13-16-7-4-3-5-8-16)20(23)19(14)15(2)17-9-6-10-18(21)11-17/h3-11H,2,12-13H2,1H3. The van der Waals surface area contributed by atoms with Crippen molar-refractivity contribution in [3.63, 3.8) is 0 Å². The number of benzene rings is 2. The van der Waals surface area contributed by atoms with Crippen LogP contribution in [0.2, 0.25) is 5.02 Å². The van der Waals surface area contributed by atoms with Gasteiger partial charge < -0.3 is 4.90 Å². The Balaban J connectivity index is 1.82. The van der Waals surface area contributed by atoms with Crippen molar-refractivity contribution in [1.29, 1.82) is 0 Å². The van der Waals surface area contributed by atoms with E-state index in [1.54, 1.807) is 0 Å². The molecule has 0 bridgehead atoms. The van der Waals surface area contributed by atoms with Crippen LogP contribution >= 0.6 is 11.6 Å². The van der Waals surface area contributed by atoms with Crippen molar-refractivity contribution in [2.45, 2.75) is 13.5 Å². The van der Waals surface area contributed by atoms with Crippen molar-refractivity contribution in [2.75, 3.05) is 6.54 Å². The van der Waals surface area contributed by atoms with Crippen LogP contribution in [0.4, 0.5) is 0 Å². The van der Waals surface area contributed by atoms with Crippen LogP contribution in [0.1, 0.15) is 18.1 Å². The molecule has 2 aromatic carbocycles. The largest absolute Gasteiger partial charge is 0.330 e. The molecule has 0 saturated carbocycles. The zero-order valence-corrected chi connectivity index (χ0v) is 13.8. The van der Waals surface area contributed by atoms with Gasteiger partial charge in [0.05, 0.1) is 0 Å². The summed E-state index contributed by atoms with van der Waals surface area (Å²) in [5.41, 5.74) is 4.52. The molecular weight excluding hydrogens is 306 g/mol. The molecule has 2 aromatic rings. The first-order valence-electron chi connectivity index (χ1n) is 7.54. The molecule has 0 unspecified atom stereocenters. The van der Waals surface area contributed by atoms with Crippen LogP contribution in [0.5, 0.6) is 0 Å². The lowest BCUT2D eigenvalue weighted by Crippen LogP contribution is -2.26. The van der Waals surface area contributed by atoms with E-state index >= 15 is 0 Å². The SMILES string of the molecule is C=C(C1=C(C)CN(Cc2ccccc2)C1=O)c1cccc(Cl)c1. The van der Waals surface area contributed by atoms with Gasteiger partial charge in [-0.3, -0.25) is 4.79 Å². The molecule has 23 heavy (non-hydrogen) atoms. The Kier molecular flexibility index (Phi) is 4.35. The molecule has 1 aliphatic heterocycles. The van der Waals surface area contributed by atoms with Gasteiger partial charge in [0.25, 0.3) is 5.91 Å². The molecule has 116 valence electrons. The first kappa shape index (κ1) is 15.6. The van der Waals surface area contributed by atoms with Crippen LogP contribution in [0.15, 0.2) is 72.3 Å². The zero-order chi connectivity index (χ0) is 16.4.